The Labute approximate surface area is 99.1 Å². The standard InChI is InChI=1S/C13H11NO3/c1-17-13(16)8-12(15)7-6-10-2-4-11(9-14)5-3-10/h2-7H,8H2,1H3. The zero-order valence-corrected chi connectivity index (χ0v) is 9.34. The van der Waals surface area contributed by atoms with Crippen molar-refractivity contribution in [2.24, 2.45) is 0 Å². The van der Waals surface area contributed by atoms with Gasteiger partial charge in [0.15, 0.2) is 5.78 Å². The number of benzene rings is 1. The van der Waals surface area contributed by atoms with E-state index in [4.69, 9.17) is 5.26 Å². The molecule has 0 aliphatic rings. The van der Waals surface area contributed by atoms with Crippen molar-refractivity contribution in [1.82, 2.24) is 0 Å². The van der Waals surface area contributed by atoms with Gasteiger partial charge >= 0.3 is 5.97 Å². The molecule has 0 aromatic heterocycles. The van der Waals surface area contributed by atoms with Gasteiger partial charge in [0, 0.05) is 0 Å². The molecule has 86 valence electrons. The number of esters is 1. The number of carbonyl (C=O) groups is 2. The minimum atomic E-state index is -0.556. The Hall–Kier alpha value is -2.41. The highest BCUT2D eigenvalue weighted by molar-refractivity contribution is 6.03. The SMILES string of the molecule is COC(=O)CC(=O)C=Cc1ccc(C#N)cc1. The molecule has 0 N–H and O–H groups in total. The first-order valence-electron chi connectivity index (χ1n) is 4.93. The molecule has 1 aromatic rings. The molecule has 0 atom stereocenters. The second-order valence-corrected chi connectivity index (χ2v) is 3.29. The van der Waals surface area contributed by atoms with Crippen LogP contribution in [0.2, 0.25) is 0 Å². The van der Waals surface area contributed by atoms with Crippen molar-refractivity contribution in [1.29, 1.82) is 5.26 Å². The Kier molecular flexibility index (Phi) is 4.64. The second-order valence-electron chi connectivity index (χ2n) is 3.29. The van der Waals surface area contributed by atoms with Crippen LogP contribution in [0.4, 0.5) is 0 Å². The average Bonchev–Trinajstić information content (AvgIpc) is 2.36. The summed E-state index contributed by atoms with van der Waals surface area (Å²) in [7, 11) is 1.24. The van der Waals surface area contributed by atoms with E-state index in [2.05, 4.69) is 4.74 Å². The Balaban J connectivity index is 2.61. The quantitative estimate of drug-likeness (QED) is 0.447. The molecule has 1 rings (SSSR count). The lowest BCUT2D eigenvalue weighted by Crippen LogP contribution is -2.06. The molecule has 4 heteroatoms. The molecule has 0 aliphatic heterocycles. The van der Waals surface area contributed by atoms with Crippen molar-refractivity contribution in [2.75, 3.05) is 7.11 Å². The Bertz CT molecular complexity index is 480. The van der Waals surface area contributed by atoms with Gasteiger partial charge in [0.1, 0.15) is 6.42 Å². The van der Waals surface area contributed by atoms with Gasteiger partial charge in [-0.1, -0.05) is 18.2 Å². The van der Waals surface area contributed by atoms with Crippen LogP contribution in [0.25, 0.3) is 6.08 Å². The molecule has 0 radical (unpaired) electrons. The number of hydrogen-bond acceptors (Lipinski definition) is 4. The summed E-state index contributed by atoms with van der Waals surface area (Å²) in [6, 6.07) is 8.76. The first kappa shape index (κ1) is 12.7. The summed E-state index contributed by atoms with van der Waals surface area (Å²) >= 11 is 0. The topological polar surface area (TPSA) is 67.2 Å². The molecule has 0 bridgehead atoms. The van der Waals surface area contributed by atoms with Crippen molar-refractivity contribution >= 4 is 17.8 Å². The van der Waals surface area contributed by atoms with Gasteiger partial charge in [-0.2, -0.15) is 5.26 Å². The summed E-state index contributed by atoms with van der Waals surface area (Å²) in [5, 5.41) is 8.60. The highest BCUT2D eigenvalue weighted by atomic mass is 16.5. The van der Waals surface area contributed by atoms with E-state index in [1.165, 1.54) is 13.2 Å². The highest BCUT2D eigenvalue weighted by Gasteiger charge is 2.05. The Morgan fingerprint density at radius 1 is 1.35 bits per heavy atom. The number of nitrogens with zero attached hydrogens (tertiary/aromatic N) is 1. The van der Waals surface area contributed by atoms with Gasteiger partial charge in [0.2, 0.25) is 0 Å². The zero-order chi connectivity index (χ0) is 12.7. The van der Waals surface area contributed by atoms with Crippen LogP contribution in [0.1, 0.15) is 17.5 Å². The normalized spacial score (nSPS) is 9.88. The third-order valence-electron chi connectivity index (χ3n) is 2.05. The minimum absolute atomic E-state index is 0.261. The molecular weight excluding hydrogens is 218 g/mol. The van der Waals surface area contributed by atoms with Gasteiger partial charge < -0.3 is 4.74 Å². The van der Waals surface area contributed by atoms with Gasteiger partial charge in [0.05, 0.1) is 18.7 Å². The maximum atomic E-state index is 11.3. The molecule has 0 fully saturated rings. The number of hydrogen-bond donors (Lipinski definition) is 0. The lowest BCUT2D eigenvalue weighted by Gasteiger charge is -1.95. The molecule has 1 aromatic carbocycles. The average molecular weight is 229 g/mol. The summed E-state index contributed by atoms with van der Waals surface area (Å²) in [4.78, 5) is 22.1. The molecule has 0 saturated heterocycles. The van der Waals surface area contributed by atoms with E-state index >= 15 is 0 Å². The zero-order valence-electron chi connectivity index (χ0n) is 9.34. The highest BCUT2D eigenvalue weighted by Crippen LogP contribution is 2.05. The predicted molar refractivity (Wildman–Crippen MR) is 61.8 cm³/mol. The smallest absolute Gasteiger partial charge is 0.313 e. The maximum Gasteiger partial charge on any atom is 0.313 e. The predicted octanol–water partition coefficient (Wildman–Crippen LogP) is 1.70. The van der Waals surface area contributed by atoms with Crippen molar-refractivity contribution < 1.29 is 14.3 Å². The number of allylic oxidation sites excluding steroid dienone is 1. The minimum Gasteiger partial charge on any atom is -0.469 e. The lowest BCUT2D eigenvalue weighted by molar-refractivity contribution is -0.142. The van der Waals surface area contributed by atoms with Crippen molar-refractivity contribution in [3.05, 3.63) is 41.5 Å². The van der Waals surface area contributed by atoms with Crippen LogP contribution in [-0.4, -0.2) is 18.9 Å². The van der Waals surface area contributed by atoms with Crippen molar-refractivity contribution in [2.45, 2.75) is 6.42 Å². The van der Waals surface area contributed by atoms with E-state index < -0.39 is 5.97 Å². The number of carbonyl (C=O) groups excluding carboxylic acids is 2. The van der Waals surface area contributed by atoms with E-state index in [1.807, 2.05) is 6.07 Å². The van der Waals surface area contributed by atoms with Crippen LogP contribution in [-0.2, 0) is 14.3 Å². The lowest BCUT2D eigenvalue weighted by atomic mass is 10.1. The first-order valence-corrected chi connectivity index (χ1v) is 4.93. The molecule has 0 spiro atoms. The van der Waals surface area contributed by atoms with Gasteiger partial charge in [-0.25, -0.2) is 0 Å². The van der Waals surface area contributed by atoms with Gasteiger partial charge in [-0.3, -0.25) is 9.59 Å². The molecule has 0 amide bonds. The molecule has 0 saturated carbocycles. The van der Waals surface area contributed by atoms with Crippen LogP contribution in [0.3, 0.4) is 0 Å². The number of rotatable bonds is 4. The fourth-order valence-corrected chi connectivity index (χ4v) is 1.13. The fraction of sp³-hybridized carbons (Fsp3) is 0.154. The second kappa shape index (κ2) is 6.23. The molecule has 0 unspecified atom stereocenters. The number of ketones is 1. The Morgan fingerprint density at radius 3 is 2.53 bits per heavy atom. The van der Waals surface area contributed by atoms with Crippen LogP contribution in [0.5, 0.6) is 0 Å². The van der Waals surface area contributed by atoms with Crippen LogP contribution >= 0.6 is 0 Å². The molecule has 0 aliphatic carbocycles. The van der Waals surface area contributed by atoms with Crippen LogP contribution in [0.15, 0.2) is 30.3 Å². The summed E-state index contributed by atoms with van der Waals surface area (Å²) in [5.74, 6) is -0.874. The van der Waals surface area contributed by atoms with Crippen LogP contribution in [0, 0.1) is 11.3 Å². The number of ether oxygens (including phenoxy) is 1. The molecule has 4 nitrogen and oxygen atoms in total. The van der Waals surface area contributed by atoms with E-state index in [1.54, 1.807) is 30.3 Å². The van der Waals surface area contributed by atoms with Gasteiger partial charge in [-0.15, -0.1) is 0 Å². The largest absolute Gasteiger partial charge is 0.469 e. The van der Waals surface area contributed by atoms with E-state index in [0.717, 1.165) is 5.56 Å². The van der Waals surface area contributed by atoms with Gasteiger partial charge in [0.25, 0.3) is 0 Å². The van der Waals surface area contributed by atoms with Crippen molar-refractivity contribution in [3.63, 3.8) is 0 Å². The first-order chi connectivity index (χ1) is 8.15. The van der Waals surface area contributed by atoms with Crippen molar-refractivity contribution in [3.8, 4) is 6.07 Å². The maximum absolute atomic E-state index is 11.3. The number of methoxy groups -OCH3 is 1. The Morgan fingerprint density at radius 2 is 2.00 bits per heavy atom. The fourth-order valence-electron chi connectivity index (χ4n) is 1.13. The third-order valence-corrected chi connectivity index (χ3v) is 2.05. The molecule has 17 heavy (non-hydrogen) atoms. The summed E-state index contributed by atoms with van der Waals surface area (Å²) in [6.07, 6.45) is 2.65. The molecule has 0 heterocycles. The third kappa shape index (κ3) is 4.31. The summed E-state index contributed by atoms with van der Waals surface area (Å²) in [6.45, 7) is 0. The summed E-state index contributed by atoms with van der Waals surface area (Å²) < 4.78 is 4.37. The monoisotopic (exact) mass is 229 g/mol. The van der Waals surface area contributed by atoms with Gasteiger partial charge in [-0.05, 0) is 23.8 Å². The van der Waals surface area contributed by atoms with Crippen LogP contribution < -0.4 is 0 Å². The summed E-state index contributed by atoms with van der Waals surface area (Å²) in [5.41, 5.74) is 1.35. The molecular formula is C13H11NO3. The van der Waals surface area contributed by atoms with E-state index in [0.29, 0.717) is 5.56 Å². The van der Waals surface area contributed by atoms with E-state index in [-0.39, 0.29) is 12.2 Å². The number of nitriles is 1. The van der Waals surface area contributed by atoms with E-state index in [9.17, 15) is 9.59 Å².